The first-order chi connectivity index (χ1) is 9.67. The third kappa shape index (κ3) is 3.02. The number of nitrogens with one attached hydrogen (secondary N) is 2. The molecule has 0 aliphatic carbocycles. The average molecular weight is 312 g/mol. The van der Waals surface area contributed by atoms with E-state index in [9.17, 15) is 3.89 Å². The quantitative estimate of drug-likeness (QED) is 0.496. The molecular formula is C13H11ClFN3OS. The number of benzene rings is 1. The molecule has 2 rings (SSSR count). The average Bonchev–Trinajstić information content (AvgIpc) is 2.47. The van der Waals surface area contributed by atoms with Gasteiger partial charge in [0.25, 0.3) is 0 Å². The largest absolute Gasteiger partial charge is 0.496 e. The predicted molar refractivity (Wildman–Crippen MR) is 80.5 cm³/mol. The van der Waals surface area contributed by atoms with Crippen LogP contribution in [0.15, 0.2) is 36.4 Å². The molecule has 2 aromatic rings. The number of hydrogen-bond donors (Lipinski definition) is 2. The second kappa shape index (κ2) is 6.58. The van der Waals surface area contributed by atoms with Crippen molar-refractivity contribution in [3.05, 3.63) is 52.7 Å². The summed E-state index contributed by atoms with van der Waals surface area (Å²) in [5.74, 6) is 0.757. The lowest BCUT2D eigenvalue weighted by atomic mass is 10.0. The molecule has 0 saturated carbocycles. The van der Waals surface area contributed by atoms with E-state index in [0.717, 1.165) is 0 Å². The summed E-state index contributed by atoms with van der Waals surface area (Å²) in [6.45, 7) is 0. The number of ether oxygens (including phenoxy) is 1. The maximum absolute atomic E-state index is 12.4. The van der Waals surface area contributed by atoms with Crippen LogP contribution in [0.2, 0.25) is 5.15 Å². The van der Waals surface area contributed by atoms with E-state index >= 15 is 0 Å². The van der Waals surface area contributed by atoms with Crippen molar-refractivity contribution in [1.82, 2.24) is 4.98 Å². The zero-order valence-corrected chi connectivity index (χ0v) is 12.1. The first kappa shape index (κ1) is 14.6. The second-order valence-corrected chi connectivity index (χ2v) is 4.53. The Morgan fingerprint density at radius 3 is 2.75 bits per heavy atom. The maximum Gasteiger partial charge on any atom is 0.163 e. The number of hydrogen-bond acceptors (Lipinski definition) is 5. The van der Waals surface area contributed by atoms with Crippen LogP contribution in [0.5, 0.6) is 5.75 Å². The van der Waals surface area contributed by atoms with Crippen molar-refractivity contribution in [3.63, 3.8) is 0 Å². The normalized spacial score (nSPS) is 10.2. The Labute approximate surface area is 125 Å². The molecule has 1 heterocycles. The van der Waals surface area contributed by atoms with Gasteiger partial charge in [0, 0.05) is 11.1 Å². The molecule has 0 saturated heterocycles. The summed E-state index contributed by atoms with van der Waals surface area (Å²) in [7, 11) is 1.53. The molecule has 2 N–H and O–H groups in total. The van der Waals surface area contributed by atoms with Gasteiger partial charge in [0.2, 0.25) is 0 Å². The fourth-order valence-corrected chi connectivity index (χ4v) is 2.12. The first-order valence-corrected chi connectivity index (χ1v) is 6.69. The van der Waals surface area contributed by atoms with E-state index < -0.39 is 0 Å². The molecule has 0 atom stereocenters. The van der Waals surface area contributed by atoms with Gasteiger partial charge in [-0.15, -0.1) is 3.89 Å². The van der Waals surface area contributed by atoms with Crippen LogP contribution in [0.1, 0.15) is 11.1 Å². The highest BCUT2D eigenvalue weighted by atomic mass is 35.5. The predicted octanol–water partition coefficient (Wildman–Crippen LogP) is 4.10. The van der Waals surface area contributed by atoms with Crippen molar-refractivity contribution in [1.29, 1.82) is 5.41 Å². The molecule has 0 aliphatic rings. The van der Waals surface area contributed by atoms with Crippen molar-refractivity contribution in [2.75, 3.05) is 11.8 Å². The summed E-state index contributed by atoms with van der Waals surface area (Å²) in [5.41, 5.74) is 1.19. The van der Waals surface area contributed by atoms with Crippen LogP contribution in [0.4, 0.5) is 9.70 Å². The van der Waals surface area contributed by atoms with Gasteiger partial charge in [-0.05, 0) is 24.3 Å². The van der Waals surface area contributed by atoms with Gasteiger partial charge in [0.05, 0.1) is 12.8 Å². The molecule has 1 aromatic heterocycles. The zero-order valence-electron chi connectivity index (χ0n) is 10.5. The topological polar surface area (TPSA) is 58.0 Å². The smallest absolute Gasteiger partial charge is 0.163 e. The zero-order chi connectivity index (χ0) is 14.5. The van der Waals surface area contributed by atoms with E-state index in [0.29, 0.717) is 16.9 Å². The molecule has 4 nitrogen and oxygen atoms in total. The molecule has 0 aliphatic heterocycles. The van der Waals surface area contributed by atoms with Gasteiger partial charge in [-0.25, -0.2) is 4.98 Å². The van der Waals surface area contributed by atoms with Crippen LogP contribution in [0.3, 0.4) is 0 Å². The maximum atomic E-state index is 12.4. The van der Waals surface area contributed by atoms with Gasteiger partial charge in [-0.2, -0.15) is 0 Å². The third-order valence-electron chi connectivity index (χ3n) is 2.64. The molecule has 7 heteroatoms. The summed E-state index contributed by atoms with van der Waals surface area (Å²) in [4.78, 5) is 3.98. The standard InChI is InChI=1S/C13H11ClFN3OS/c1-19-10-5-3-2-4-8(10)12(16)9-6-7-11(14)17-13(9)18-20-15/h2-7,16H,1H3,(H,17,18). The molecule has 0 radical (unpaired) electrons. The number of nitrogens with zero attached hydrogens (tertiary/aromatic N) is 1. The van der Waals surface area contributed by atoms with Gasteiger partial charge in [-0.3, -0.25) is 10.1 Å². The first-order valence-electron chi connectivity index (χ1n) is 5.60. The highest BCUT2D eigenvalue weighted by Crippen LogP contribution is 2.26. The minimum atomic E-state index is -0.0989. The van der Waals surface area contributed by atoms with Crippen molar-refractivity contribution in [3.8, 4) is 5.75 Å². The van der Waals surface area contributed by atoms with Crippen LogP contribution in [-0.4, -0.2) is 17.8 Å². The molecule has 0 unspecified atom stereocenters. The van der Waals surface area contributed by atoms with Crippen LogP contribution in [0.25, 0.3) is 0 Å². The van der Waals surface area contributed by atoms with E-state index in [4.69, 9.17) is 21.7 Å². The lowest BCUT2D eigenvalue weighted by Gasteiger charge is -2.12. The van der Waals surface area contributed by atoms with Crippen molar-refractivity contribution in [2.24, 2.45) is 0 Å². The van der Waals surface area contributed by atoms with Gasteiger partial charge in [0.15, 0.2) is 12.3 Å². The van der Waals surface area contributed by atoms with E-state index in [2.05, 4.69) is 9.71 Å². The minimum Gasteiger partial charge on any atom is -0.496 e. The van der Waals surface area contributed by atoms with Crippen LogP contribution >= 0.6 is 23.9 Å². The molecular weight excluding hydrogens is 301 g/mol. The van der Waals surface area contributed by atoms with E-state index in [-0.39, 0.29) is 29.0 Å². The summed E-state index contributed by atoms with van der Waals surface area (Å²) < 4.78 is 20.0. The van der Waals surface area contributed by atoms with E-state index in [1.54, 1.807) is 30.3 Å². The summed E-state index contributed by atoms with van der Waals surface area (Å²) in [6, 6.07) is 10.3. The lowest BCUT2D eigenvalue weighted by Crippen LogP contribution is -2.07. The molecule has 1 aromatic carbocycles. The number of halogens is 2. The van der Waals surface area contributed by atoms with Gasteiger partial charge in [0.1, 0.15) is 16.7 Å². The van der Waals surface area contributed by atoms with Crippen molar-refractivity contribution in [2.45, 2.75) is 0 Å². The number of aromatic nitrogens is 1. The Morgan fingerprint density at radius 2 is 2.05 bits per heavy atom. The number of methoxy groups -OCH3 is 1. The lowest BCUT2D eigenvalue weighted by molar-refractivity contribution is 0.414. The number of pyridine rings is 1. The van der Waals surface area contributed by atoms with E-state index in [1.807, 2.05) is 6.07 Å². The summed E-state index contributed by atoms with van der Waals surface area (Å²) in [5, 5.41) is 8.49. The highest BCUT2D eigenvalue weighted by Gasteiger charge is 2.15. The Morgan fingerprint density at radius 1 is 1.30 bits per heavy atom. The highest BCUT2D eigenvalue weighted by molar-refractivity contribution is 7.95. The molecule has 0 bridgehead atoms. The molecule has 0 fully saturated rings. The number of anilines is 1. The van der Waals surface area contributed by atoms with E-state index in [1.165, 1.54) is 7.11 Å². The van der Waals surface area contributed by atoms with Crippen LogP contribution in [-0.2, 0) is 0 Å². The van der Waals surface area contributed by atoms with Crippen LogP contribution < -0.4 is 9.46 Å². The van der Waals surface area contributed by atoms with Crippen LogP contribution in [0, 0.1) is 5.41 Å². The molecule has 0 spiro atoms. The fourth-order valence-electron chi connectivity index (χ4n) is 1.75. The van der Waals surface area contributed by atoms with Gasteiger partial charge >= 0.3 is 0 Å². The summed E-state index contributed by atoms with van der Waals surface area (Å²) in [6.07, 6.45) is 0. The Balaban J connectivity index is 2.48. The van der Waals surface area contributed by atoms with Crippen molar-refractivity contribution < 1.29 is 8.62 Å². The van der Waals surface area contributed by atoms with Gasteiger partial charge in [-0.1, -0.05) is 23.7 Å². The molecule has 20 heavy (non-hydrogen) atoms. The summed E-state index contributed by atoms with van der Waals surface area (Å²) >= 11 is 5.68. The van der Waals surface area contributed by atoms with Gasteiger partial charge < -0.3 is 4.74 Å². The monoisotopic (exact) mass is 311 g/mol. The SMILES string of the molecule is COc1ccccc1C(=N)c1ccc(Cl)nc1NSF. The molecule has 104 valence electrons. The third-order valence-corrected chi connectivity index (χ3v) is 3.12. The fraction of sp³-hybridized carbons (Fsp3) is 0.0769. The van der Waals surface area contributed by atoms with Crippen molar-refractivity contribution >= 4 is 35.5 Å². The number of para-hydroxylation sites is 1. The Bertz CT molecular complexity index is 639. The minimum absolute atomic E-state index is 0.0989. The molecule has 0 amide bonds. The Hall–Kier alpha value is -1.79. The Kier molecular flexibility index (Phi) is 4.81. The second-order valence-electron chi connectivity index (χ2n) is 3.78. The number of rotatable bonds is 5.